The average molecular weight is 268 g/mol. The molecule has 1 aliphatic rings. The fraction of sp³-hybridized carbons (Fsp3) is 0.938. The molecule has 3 heteroatoms. The number of nitrogens with two attached hydrogens (primary N) is 1. The largest absolute Gasteiger partial charge is 0.345 e. The molecule has 112 valence electrons. The molecule has 19 heavy (non-hydrogen) atoms. The molecule has 2 N–H and O–H groups in total. The Morgan fingerprint density at radius 2 is 1.89 bits per heavy atom. The van der Waals surface area contributed by atoms with E-state index in [9.17, 15) is 4.79 Å². The fourth-order valence-corrected chi connectivity index (χ4v) is 3.18. The van der Waals surface area contributed by atoms with Crippen LogP contribution in [0.2, 0.25) is 0 Å². The average Bonchev–Trinajstić information content (AvgIpc) is 2.38. The van der Waals surface area contributed by atoms with E-state index in [1.165, 1.54) is 32.1 Å². The maximum Gasteiger partial charge on any atom is 0.225 e. The lowest BCUT2D eigenvalue weighted by molar-refractivity contribution is -0.135. The monoisotopic (exact) mass is 268 g/mol. The van der Waals surface area contributed by atoms with Crippen LogP contribution in [-0.4, -0.2) is 30.9 Å². The number of rotatable bonds is 6. The van der Waals surface area contributed by atoms with Crippen LogP contribution in [0.1, 0.15) is 59.3 Å². The van der Waals surface area contributed by atoms with Gasteiger partial charge in [0.25, 0.3) is 0 Å². The van der Waals surface area contributed by atoms with E-state index in [4.69, 9.17) is 5.73 Å². The van der Waals surface area contributed by atoms with Gasteiger partial charge in [-0.05, 0) is 24.3 Å². The summed E-state index contributed by atoms with van der Waals surface area (Å²) >= 11 is 0. The standard InChI is InChI=1S/C16H32N2O/c1-13(10-14-8-6-5-7-9-14)15(19)18(4)12-16(2,3)11-17/h13-14H,5-12,17H2,1-4H3. The van der Waals surface area contributed by atoms with Crippen LogP contribution in [0.25, 0.3) is 0 Å². The molecule has 0 aliphatic heterocycles. The van der Waals surface area contributed by atoms with Crippen molar-refractivity contribution in [3.8, 4) is 0 Å². The van der Waals surface area contributed by atoms with Gasteiger partial charge in [0.1, 0.15) is 0 Å². The molecule has 1 unspecified atom stereocenters. The van der Waals surface area contributed by atoms with Crippen molar-refractivity contribution in [2.45, 2.75) is 59.3 Å². The summed E-state index contributed by atoms with van der Waals surface area (Å²) in [5.74, 6) is 1.21. The van der Waals surface area contributed by atoms with Crippen LogP contribution < -0.4 is 5.73 Å². The normalized spacial score (nSPS) is 19.2. The van der Waals surface area contributed by atoms with Crippen molar-refractivity contribution >= 4 is 5.91 Å². The summed E-state index contributed by atoms with van der Waals surface area (Å²) in [4.78, 5) is 14.3. The van der Waals surface area contributed by atoms with Crippen LogP contribution >= 0.6 is 0 Å². The van der Waals surface area contributed by atoms with E-state index in [-0.39, 0.29) is 17.2 Å². The molecule has 1 amide bonds. The lowest BCUT2D eigenvalue weighted by Gasteiger charge is -2.32. The van der Waals surface area contributed by atoms with Crippen LogP contribution in [0.5, 0.6) is 0 Å². The van der Waals surface area contributed by atoms with Crippen molar-refractivity contribution in [3.05, 3.63) is 0 Å². The van der Waals surface area contributed by atoms with Crippen molar-refractivity contribution in [1.29, 1.82) is 0 Å². The van der Waals surface area contributed by atoms with Gasteiger partial charge < -0.3 is 10.6 Å². The summed E-state index contributed by atoms with van der Waals surface area (Å²) in [7, 11) is 1.91. The first-order chi connectivity index (χ1) is 8.85. The van der Waals surface area contributed by atoms with E-state index in [1.54, 1.807) is 0 Å². The van der Waals surface area contributed by atoms with Crippen LogP contribution in [0.3, 0.4) is 0 Å². The second-order valence-corrected chi connectivity index (χ2v) is 7.20. The second kappa shape index (κ2) is 7.28. The Morgan fingerprint density at radius 3 is 2.42 bits per heavy atom. The number of hydrogen-bond donors (Lipinski definition) is 1. The van der Waals surface area contributed by atoms with E-state index in [2.05, 4.69) is 20.8 Å². The highest BCUT2D eigenvalue weighted by molar-refractivity contribution is 5.78. The van der Waals surface area contributed by atoms with Gasteiger partial charge in [-0.25, -0.2) is 0 Å². The molecule has 0 bridgehead atoms. The maximum absolute atomic E-state index is 12.4. The molecule has 1 fully saturated rings. The first-order valence-electron chi connectivity index (χ1n) is 7.81. The molecular formula is C16H32N2O. The Morgan fingerprint density at radius 1 is 1.32 bits per heavy atom. The highest BCUT2D eigenvalue weighted by Crippen LogP contribution is 2.29. The third-order valence-electron chi connectivity index (χ3n) is 4.43. The topological polar surface area (TPSA) is 46.3 Å². The van der Waals surface area contributed by atoms with Crippen molar-refractivity contribution in [2.24, 2.45) is 23.0 Å². The summed E-state index contributed by atoms with van der Waals surface area (Å²) in [6.07, 6.45) is 7.77. The van der Waals surface area contributed by atoms with E-state index in [1.807, 2.05) is 11.9 Å². The zero-order chi connectivity index (χ0) is 14.5. The quantitative estimate of drug-likeness (QED) is 0.805. The van der Waals surface area contributed by atoms with Gasteiger partial charge in [0, 0.05) is 19.5 Å². The van der Waals surface area contributed by atoms with Gasteiger partial charge in [-0.2, -0.15) is 0 Å². The van der Waals surface area contributed by atoms with Crippen molar-refractivity contribution in [1.82, 2.24) is 4.90 Å². The van der Waals surface area contributed by atoms with Crippen molar-refractivity contribution in [3.63, 3.8) is 0 Å². The van der Waals surface area contributed by atoms with Crippen LogP contribution in [-0.2, 0) is 4.79 Å². The number of amides is 1. The van der Waals surface area contributed by atoms with Gasteiger partial charge in [0.2, 0.25) is 5.91 Å². The van der Waals surface area contributed by atoms with Gasteiger partial charge >= 0.3 is 0 Å². The molecule has 1 rings (SSSR count). The third kappa shape index (κ3) is 5.52. The van der Waals surface area contributed by atoms with E-state index in [0.717, 1.165) is 18.9 Å². The summed E-state index contributed by atoms with van der Waals surface area (Å²) < 4.78 is 0. The summed E-state index contributed by atoms with van der Waals surface area (Å²) in [6.45, 7) is 7.67. The Balaban J connectivity index is 2.42. The first-order valence-corrected chi connectivity index (χ1v) is 7.81. The Labute approximate surface area is 118 Å². The van der Waals surface area contributed by atoms with E-state index < -0.39 is 0 Å². The van der Waals surface area contributed by atoms with Crippen LogP contribution in [0, 0.1) is 17.3 Å². The number of carbonyl (C=O) groups is 1. The summed E-state index contributed by atoms with van der Waals surface area (Å²) in [5, 5.41) is 0. The van der Waals surface area contributed by atoms with Crippen LogP contribution in [0.15, 0.2) is 0 Å². The minimum Gasteiger partial charge on any atom is -0.345 e. The molecule has 0 aromatic carbocycles. The summed E-state index contributed by atoms with van der Waals surface area (Å²) in [5.41, 5.74) is 5.75. The number of carbonyl (C=O) groups excluding carboxylic acids is 1. The zero-order valence-corrected chi connectivity index (χ0v) is 13.2. The van der Waals surface area contributed by atoms with Gasteiger partial charge in [-0.1, -0.05) is 52.9 Å². The molecule has 0 heterocycles. The highest BCUT2D eigenvalue weighted by atomic mass is 16.2. The maximum atomic E-state index is 12.4. The van der Waals surface area contributed by atoms with Crippen LogP contribution in [0.4, 0.5) is 0 Å². The Bertz CT molecular complexity index is 282. The fourth-order valence-electron chi connectivity index (χ4n) is 3.18. The molecule has 0 aromatic heterocycles. The first kappa shape index (κ1) is 16.5. The van der Waals surface area contributed by atoms with E-state index >= 15 is 0 Å². The third-order valence-corrected chi connectivity index (χ3v) is 4.43. The van der Waals surface area contributed by atoms with Crippen molar-refractivity contribution < 1.29 is 4.79 Å². The minimum absolute atomic E-state index is 0.00890. The number of hydrogen-bond acceptors (Lipinski definition) is 2. The second-order valence-electron chi connectivity index (χ2n) is 7.20. The molecule has 0 spiro atoms. The SMILES string of the molecule is CC(CC1CCCCC1)C(=O)N(C)CC(C)(C)CN. The van der Waals surface area contributed by atoms with E-state index in [0.29, 0.717) is 6.54 Å². The molecule has 0 aromatic rings. The lowest BCUT2D eigenvalue weighted by atomic mass is 9.83. The highest BCUT2D eigenvalue weighted by Gasteiger charge is 2.26. The summed E-state index contributed by atoms with van der Waals surface area (Å²) in [6, 6.07) is 0. The minimum atomic E-state index is 0.00890. The molecule has 1 aliphatic carbocycles. The number of nitrogens with zero attached hydrogens (tertiary/aromatic N) is 1. The predicted octanol–water partition coefficient (Wildman–Crippen LogP) is 3.04. The zero-order valence-electron chi connectivity index (χ0n) is 13.2. The molecule has 1 saturated carbocycles. The predicted molar refractivity (Wildman–Crippen MR) is 80.8 cm³/mol. The molecule has 1 atom stereocenters. The van der Waals surface area contributed by atoms with Gasteiger partial charge in [-0.15, -0.1) is 0 Å². The molecule has 0 saturated heterocycles. The lowest BCUT2D eigenvalue weighted by Crippen LogP contribution is -2.42. The van der Waals surface area contributed by atoms with Gasteiger partial charge in [0.15, 0.2) is 0 Å². The molecular weight excluding hydrogens is 236 g/mol. The molecule has 0 radical (unpaired) electrons. The smallest absolute Gasteiger partial charge is 0.225 e. The Hall–Kier alpha value is -0.570. The Kier molecular flexibility index (Phi) is 6.31. The van der Waals surface area contributed by atoms with Gasteiger partial charge in [0.05, 0.1) is 0 Å². The molecule has 3 nitrogen and oxygen atoms in total. The van der Waals surface area contributed by atoms with Crippen molar-refractivity contribution in [2.75, 3.05) is 20.1 Å². The van der Waals surface area contributed by atoms with Gasteiger partial charge in [-0.3, -0.25) is 4.79 Å².